The van der Waals surface area contributed by atoms with Crippen molar-refractivity contribution in [2.24, 2.45) is 0 Å². The minimum absolute atomic E-state index is 0.158. The van der Waals surface area contributed by atoms with Crippen molar-refractivity contribution >= 4 is 5.91 Å². The molecule has 0 fully saturated rings. The number of amides is 1. The first-order valence-corrected chi connectivity index (χ1v) is 8.34. The van der Waals surface area contributed by atoms with Gasteiger partial charge in [0.25, 0.3) is 0 Å². The molecule has 1 amide bonds. The first kappa shape index (κ1) is 18.2. The van der Waals surface area contributed by atoms with Crippen LogP contribution < -0.4 is 14.8 Å². The highest BCUT2D eigenvalue weighted by molar-refractivity contribution is 5.79. The van der Waals surface area contributed by atoms with E-state index in [1.54, 1.807) is 18.5 Å². The quantitative estimate of drug-likeness (QED) is 0.762. The summed E-state index contributed by atoms with van der Waals surface area (Å²) in [6.07, 6.45) is 2.93. The molecule has 1 aromatic heterocycles. The average molecular weight is 358 g/mol. The summed E-state index contributed by atoms with van der Waals surface area (Å²) in [5.74, 6) is 1.21. The molecule has 26 heavy (non-hydrogen) atoms. The molecule has 1 atom stereocenters. The Kier molecular flexibility index (Phi) is 6.04. The van der Waals surface area contributed by atoms with Crippen molar-refractivity contribution < 1.29 is 23.7 Å². The highest BCUT2D eigenvalue weighted by Gasteiger charge is 2.25. The van der Waals surface area contributed by atoms with Crippen LogP contribution in [0.15, 0.2) is 42.7 Å². The predicted molar refractivity (Wildman–Crippen MR) is 94.1 cm³/mol. The van der Waals surface area contributed by atoms with Gasteiger partial charge >= 0.3 is 0 Å². The number of nitrogens with one attached hydrogen (secondary N) is 1. The lowest BCUT2D eigenvalue weighted by atomic mass is 10.1. The number of hydrogen-bond acceptors (Lipinski definition) is 6. The topological polar surface area (TPSA) is 78.9 Å². The minimum Gasteiger partial charge on any atom is -0.486 e. The van der Waals surface area contributed by atoms with Crippen molar-refractivity contribution in [2.75, 3.05) is 27.4 Å². The fraction of sp³-hybridized carbons (Fsp3) is 0.368. The Labute approximate surface area is 152 Å². The van der Waals surface area contributed by atoms with E-state index < -0.39 is 12.3 Å². The summed E-state index contributed by atoms with van der Waals surface area (Å²) in [6, 6.07) is 8.71. The lowest BCUT2D eigenvalue weighted by molar-refractivity contribution is -0.138. The number of aromatic nitrogens is 1. The standard InChI is InChI=1S/C19H22N2O5/c1-23-19(24-2)18(14-4-3-7-20-12-14)21-17(22)11-13-5-6-15-16(10-13)26-9-8-25-15/h3-7,10,12,18-19H,8-9,11H2,1-2H3,(H,21,22). The van der Waals surface area contributed by atoms with E-state index in [0.717, 1.165) is 11.1 Å². The molecule has 0 aliphatic carbocycles. The van der Waals surface area contributed by atoms with Crippen LogP contribution in [0.25, 0.3) is 0 Å². The molecule has 0 spiro atoms. The third-order valence-electron chi connectivity index (χ3n) is 4.07. The summed E-state index contributed by atoms with van der Waals surface area (Å²) >= 11 is 0. The summed E-state index contributed by atoms with van der Waals surface area (Å²) in [6.45, 7) is 1.05. The Hall–Kier alpha value is -2.64. The highest BCUT2D eigenvalue weighted by Crippen LogP contribution is 2.31. The van der Waals surface area contributed by atoms with Gasteiger partial charge < -0.3 is 24.3 Å². The van der Waals surface area contributed by atoms with Crippen molar-refractivity contribution in [3.8, 4) is 11.5 Å². The van der Waals surface area contributed by atoms with E-state index in [0.29, 0.717) is 24.7 Å². The van der Waals surface area contributed by atoms with Crippen LogP contribution in [0.4, 0.5) is 0 Å². The number of rotatable bonds is 7. The molecule has 0 saturated heterocycles. The van der Waals surface area contributed by atoms with Crippen LogP contribution in [0, 0.1) is 0 Å². The Morgan fingerprint density at radius 1 is 1.19 bits per heavy atom. The molecule has 1 N–H and O–H groups in total. The molecule has 7 heteroatoms. The van der Waals surface area contributed by atoms with Gasteiger partial charge in [-0.05, 0) is 29.3 Å². The second kappa shape index (κ2) is 8.64. The van der Waals surface area contributed by atoms with Crippen molar-refractivity contribution in [3.63, 3.8) is 0 Å². The van der Waals surface area contributed by atoms with Crippen LogP contribution in [0.2, 0.25) is 0 Å². The number of ether oxygens (including phenoxy) is 4. The summed E-state index contributed by atoms with van der Waals surface area (Å²) in [7, 11) is 3.06. The van der Waals surface area contributed by atoms with Crippen molar-refractivity contribution in [1.29, 1.82) is 0 Å². The molecule has 1 aromatic carbocycles. The zero-order valence-corrected chi connectivity index (χ0v) is 14.8. The third-order valence-corrected chi connectivity index (χ3v) is 4.07. The molecule has 2 heterocycles. The van der Waals surface area contributed by atoms with Crippen molar-refractivity contribution in [3.05, 3.63) is 53.9 Å². The zero-order chi connectivity index (χ0) is 18.4. The van der Waals surface area contributed by atoms with Crippen LogP contribution in [0.5, 0.6) is 11.5 Å². The minimum atomic E-state index is -0.622. The Bertz CT molecular complexity index is 734. The predicted octanol–water partition coefficient (Wildman–Crippen LogP) is 1.87. The van der Waals surface area contributed by atoms with Gasteiger partial charge in [-0.1, -0.05) is 12.1 Å². The molecule has 0 bridgehead atoms. The number of carbonyl (C=O) groups is 1. The number of fused-ring (bicyclic) bond motifs is 1. The summed E-state index contributed by atoms with van der Waals surface area (Å²) < 4.78 is 21.7. The van der Waals surface area contributed by atoms with Gasteiger partial charge in [-0.2, -0.15) is 0 Å². The van der Waals surface area contributed by atoms with Crippen LogP contribution in [-0.2, 0) is 20.7 Å². The molecular weight excluding hydrogens is 336 g/mol. The number of nitrogens with zero attached hydrogens (tertiary/aromatic N) is 1. The Morgan fingerprint density at radius 2 is 1.96 bits per heavy atom. The van der Waals surface area contributed by atoms with Gasteiger partial charge in [0.1, 0.15) is 19.3 Å². The normalized spacial score (nSPS) is 14.1. The molecule has 0 radical (unpaired) electrons. The molecular formula is C19H22N2O5. The first-order chi connectivity index (χ1) is 12.7. The largest absolute Gasteiger partial charge is 0.486 e. The molecule has 0 saturated carbocycles. The van der Waals surface area contributed by atoms with E-state index in [-0.39, 0.29) is 12.3 Å². The zero-order valence-electron chi connectivity index (χ0n) is 14.8. The van der Waals surface area contributed by atoms with E-state index in [2.05, 4.69) is 10.3 Å². The number of methoxy groups -OCH3 is 2. The van der Waals surface area contributed by atoms with E-state index in [9.17, 15) is 4.79 Å². The monoisotopic (exact) mass is 358 g/mol. The van der Waals surface area contributed by atoms with Gasteiger partial charge in [0.2, 0.25) is 5.91 Å². The Morgan fingerprint density at radius 3 is 2.65 bits per heavy atom. The van der Waals surface area contributed by atoms with E-state index in [4.69, 9.17) is 18.9 Å². The fourth-order valence-electron chi connectivity index (χ4n) is 2.84. The van der Waals surface area contributed by atoms with Crippen LogP contribution in [0.3, 0.4) is 0 Å². The van der Waals surface area contributed by atoms with Gasteiger partial charge in [-0.3, -0.25) is 9.78 Å². The fourth-order valence-corrected chi connectivity index (χ4v) is 2.84. The van der Waals surface area contributed by atoms with Crippen LogP contribution in [-0.4, -0.2) is 44.6 Å². The number of hydrogen-bond donors (Lipinski definition) is 1. The average Bonchev–Trinajstić information content (AvgIpc) is 2.68. The van der Waals surface area contributed by atoms with Gasteiger partial charge in [-0.15, -0.1) is 0 Å². The molecule has 138 valence electrons. The van der Waals surface area contributed by atoms with Crippen molar-refractivity contribution in [1.82, 2.24) is 10.3 Å². The molecule has 2 aromatic rings. The number of carbonyl (C=O) groups excluding carboxylic acids is 1. The first-order valence-electron chi connectivity index (χ1n) is 8.34. The summed E-state index contributed by atoms with van der Waals surface area (Å²) in [5.41, 5.74) is 1.64. The van der Waals surface area contributed by atoms with Gasteiger partial charge in [-0.25, -0.2) is 0 Å². The molecule has 1 aliphatic rings. The maximum atomic E-state index is 12.6. The second-order valence-electron chi connectivity index (χ2n) is 5.83. The molecule has 1 unspecified atom stereocenters. The summed E-state index contributed by atoms with van der Waals surface area (Å²) in [5, 5.41) is 2.96. The van der Waals surface area contributed by atoms with Crippen LogP contribution >= 0.6 is 0 Å². The summed E-state index contributed by atoms with van der Waals surface area (Å²) in [4.78, 5) is 16.7. The number of benzene rings is 1. The Balaban J connectivity index is 1.71. The molecule has 3 rings (SSSR count). The smallest absolute Gasteiger partial charge is 0.225 e. The van der Waals surface area contributed by atoms with Gasteiger partial charge in [0.05, 0.1) is 6.42 Å². The van der Waals surface area contributed by atoms with Crippen molar-refractivity contribution in [2.45, 2.75) is 18.8 Å². The highest BCUT2D eigenvalue weighted by atomic mass is 16.7. The maximum absolute atomic E-state index is 12.6. The molecule has 1 aliphatic heterocycles. The molecule has 7 nitrogen and oxygen atoms in total. The second-order valence-corrected chi connectivity index (χ2v) is 5.83. The lowest BCUT2D eigenvalue weighted by Crippen LogP contribution is -2.39. The van der Waals surface area contributed by atoms with Crippen LogP contribution in [0.1, 0.15) is 17.2 Å². The SMILES string of the molecule is COC(OC)C(NC(=O)Cc1ccc2c(c1)OCCO2)c1cccnc1. The van der Waals surface area contributed by atoms with Gasteiger partial charge in [0, 0.05) is 26.6 Å². The maximum Gasteiger partial charge on any atom is 0.225 e. The van der Waals surface area contributed by atoms with E-state index >= 15 is 0 Å². The lowest BCUT2D eigenvalue weighted by Gasteiger charge is -2.26. The third kappa shape index (κ3) is 4.30. The number of pyridine rings is 1. The van der Waals surface area contributed by atoms with E-state index in [1.807, 2.05) is 24.3 Å². The van der Waals surface area contributed by atoms with Gasteiger partial charge in [0.15, 0.2) is 17.8 Å². The van der Waals surface area contributed by atoms with E-state index in [1.165, 1.54) is 14.2 Å².